The molecule has 2 nitrogen and oxygen atoms in total. The molecule has 0 saturated carbocycles. The van der Waals surface area contributed by atoms with Crippen LogP contribution in [0.4, 0.5) is 0 Å². The van der Waals surface area contributed by atoms with Crippen LogP contribution in [-0.2, 0) is 32.5 Å². The molecule has 1 aliphatic rings. The van der Waals surface area contributed by atoms with Crippen LogP contribution in [0, 0.1) is 6.08 Å². The molecule has 1 aromatic carbocycles. The van der Waals surface area contributed by atoms with E-state index < -0.39 is 0 Å². The molecule has 1 aliphatic carbocycles. The van der Waals surface area contributed by atoms with Crippen LogP contribution in [0.3, 0.4) is 0 Å². The van der Waals surface area contributed by atoms with Crippen LogP contribution in [0.5, 0.6) is 11.5 Å². The zero-order valence-corrected chi connectivity index (χ0v) is 21.3. The van der Waals surface area contributed by atoms with Gasteiger partial charge in [0.25, 0.3) is 0 Å². The van der Waals surface area contributed by atoms with Crippen LogP contribution in [0.2, 0.25) is 0 Å². The van der Waals surface area contributed by atoms with Crippen molar-refractivity contribution in [2.45, 2.75) is 58.8 Å². The summed E-state index contributed by atoms with van der Waals surface area (Å²) in [5.41, 5.74) is 1.67. The summed E-state index contributed by atoms with van der Waals surface area (Å²) < 4.78 is 5.33. The predicted molar refractivity (Wildman–Crippen MR) is 114 cm³/mol. The average Bonchev–Trinajstić information content (AvgIpc) is 2.95. The largest absolute Gasteiger partial charge is 0.507 e. The summed E-state index contributed by atoms with van der Waals surface area (Å²) in [7, 11) is 1.66. The molecule has 0 heterocycles. The summed E-state index contributed by atoms with van der Waals surface area (Å²) in [4.78, 5) is 0. The first kappa shape index (κ1) is 29.7. The number of phenols is 1. The summed E-state index contributed by atoms with van der Waals surface area (Å²) in [6.07, 6.45) is 10.0. The van der Waals surface area contributed by atoms with Crippen LogP contribution in [0.1, 0.15) is 59.1 Å². The zero-order chi connectivity index (χ0) is 17.0. The molecule has 1 aromatic rings. The third-order valence-corrected chi connectivity index (χ3v) is 3.52. The van der Waals surface area contributed by atoms with Gasteiger partial charge in [0, 0.05) is 32.8 Å². The molecule has 142 valence electrons. The normalized spacial score (nSPS) is 12.1. The van der Waals surface area contributed by atoms with Gasteiger partial charge in [0.05, 0.1) is 7.11 Å². The first-order chi connectivity index (χ1) is 10.1. The molecule has 0 radical (unpaired) electrons. The predicted octanol–water partition coefficient (Wildman–Crippen LogP) is 6.45. The fourth-order valence-electron chi connectivity index (χ4n) is 2.21. The van der Waals surface area contributed by atoms with Crippen LogP contribution in [0.25, 0.3) is 0 Å². The van der Waals surface area contributed by atoms with Gasteiger partial charge >= 0.3 is 0 Å². The molecule has 0 aliphatic heterocycles. The van der Waals surface area contributed by atoms with Gasteiger partial charge in [-0.1, -0.05) is 41.5 Å². The molecular weight excluding hydrogens is 480 g/mol. The quantitative estimate of drug-likeness (QED) is 0.347. The molecule has 0 aromatic heterocycles. The summed E-state index contributed by atoms with van der Waals surface area (Å²) in [6.45, 7) is 12.5. The van der Waals surface area contributed by atoms with Gasteiger partial charge in [-0.05, 0) is 23.0 Å². The average molecular weight is 511 g/mol. The fraction of sp³-hybridized carbons (Fsp3) is 0.500. The minimum absolute atomic E-state index is 0. The molecule has 0 bridgehead atoms. The van der Waals surface area contributed by atoms with Gasteiger partial charge in [0.1, 0.15) is 11.5 Å². The first-order valence-electron chi connectivity index (χ1n) is 7.71. The first-order valence-corrected chi connectivity index (χ1v) is 7.71. The van der Waals surface area contributed by atoms with E-state index in [1.165, 1.54) is 0 Å². The standard InChI is InChI=1S/C15H24O2.C5H5.2BrH.Ti/c1-14(2,3)11-8-10(17-7)9-12(13(11)16)15(4,5)6;1-2-4-5-3-1;;;/h8-9,16H,1-7H3;1-3H,4H2;2*1H;/q;-1;;;. The minimum atomic E-state index is -0.0986. The van der Waals surface area contributed by atoms with E-state index in [1.54, 1.807) is 7.11 Å². The fourth-order valence-corrected chi connectivity index (χ4v) is 2.21. The Labute approximate surface area is 189 Å². The van der Waals surface area contributed by atoms with E-state index in [0.29, 0.717) is 5.75 Å². The van der Waals surface area contributed by atoms with Gasteiger partial charge < -0.3 is 9.84 Å². The van der Waals surface area contributed by atoms with Gasteiger partial charge in [0.2, 0.25) is 0 Å². The summed E-state index contributed by atoms with van der Waals surface area (Å²) in [6, 6.07) is 3.84. The molecule has 0 unspecified atom stereocenters. The van der Waals surface area contributed by atoms with E-state index in [1.807, 2.05) is 24.3 Å². The van der Waals surface area contributed by atoms with E-state index in [2.05, 4.69) is 53.7 Å². The van der Waals surface area contributed by atoms with E-state index >= 15 is 0 Å². The van der Waals surface area contributed by atoms with Crippen molar-refractivity contribution in [3.05, 3.63) is 47.6 Å². The molecular formula is C20H31Br2O2Ti-. The molecule has 5 heteroatoms. The third-order valence-electron chi connectivity index (χ3n) is 3.52. The topological polar surface area (TPSA) is 29.5 Å². The number of benzene rings is 1. The van der Waals surface area contributed by atoms with Crippen LogP contribution in [-0.4, -0.2) is 12.2 Å². The summed E-state index contributed by atoms with van der Waals surface area (Å²) in [5, 5.41) is 10.4. The molecule has 2 rings (SSSR count). The number of aromatic hydroxyl groups is 1. The van der Waals surface area contributed by atoms with Crippen LogP contribution >= 0.6 is 34.0 Å². The van der Waals surface area contributed by atoms with E-state index in [-0.39, 0.29) is 66.5 Å². The smallest absolute Gasteiger partial charge is 0.123 e. The Morgan fingerprint density at radius 2 is 1.40 bits per heavy atom. The molecule has 1 N–H and O–H groups in total. The van der Waals surface area contributed by atoms with Crippen molar-refractivity contribution in [3.63, 3.8) is 0 Å². The van der Waals surface area contributed by atoms with Gasteiger partial charge in [-0.3, -0.25) is 6.08 Å². The number of methoxy groups -OCH3 is 1. The van der Waals surface area contributed by atoms with Crippen LogP contribution < -0.4 is 4.74 Å². The Morgan fingerprint density at radius 1 is 0.960 bits per heavy atom. The number of allylic oxidation sites excluding steroid dienone is 4. The maximum Gasteiger partial charge on any atom is 0.123 e. The second-order valence-electron chi connectivity index (χ2n) is 7.57. The Balaban J connectivity index is -0.000000522. The number of hydrogen-bond donors (Lipinski definition) is 1. The van der Waals surface area contributed by atoms with Crippen molar-refractivity contribution in [2.24, 2.45) is 0 Å². The number of rotatable bonds is 1. The van der Waals surface area contributed by atoms with Crippen molar-refractivity contribution in [1.82, 2.24) is 0 Å². The second-order valence-corrected chi connectivity index (χ2v) is 7.57. The van der Waals surface area contributed by atoms with E-state index in [4.69, 9.17) is 4.74 Å². The second kappa shape index (κ2) is 12.4. The molecule has 0 fully saturated rings. The molecule has 0 saturated heterocycles. The maximum atomic E-state index is 10.4. The number of halogens is 2. The van der Waals surface area contributed by atoms with E-state index in [9.17, 15) is 5.11 Å². The molecule has 0 spiro atoms. The third kappa shape index (κ3) is 9.46. The number of ether oxygens (including phenoxy) is 1. The van der Waals surface area contributed by atoms with Gasteiger partial charge in [-0.15, -0.1) is 40.4 Å². The number of phenolic OH excluding ortho intramolecular Hbond substituents is 1. The Bertz CT molecular complexity index is 523. The van der Waals surface area contributed by atoms with Gasteiger partial charge in [-0.25, -0.2) is 12.2 Å². The van der Waals surface area contributed by atoms with Crippen molar-refractivity contribution in [1.29, 1.82) is 0 Å². The summed E-state index contributed by atoms with van der Waals surface area (Å²) >= 11 is 0. The van der Waals surface area contributed by atoms with E-state index in [0.717, 1.165) is 23.3 Å². The van der Waals surface area contributed by atoms with Gasteiger partial charge in [-0.2, -0.15) is 6.08 Å². The van der Waals surface area contributed by atoms with Crippen molar-refractivity contribution >= 4 is 34.0 Å². The Morgan fingerprint density at radius 3 is 1.60 bits per heavy atom. The Kier molecular flexibility index (Phi) is 14.7. The van der Waals surface area contributed by atoms with Gasteiger partial charge in [0.15, 0.2) is 0 Å². The monoisotopic (exact) mass is 509 g/mol. The zero-order valence-electron chi connectivity index (χ0n) is 16.3. The molecule has 0 atom stereocenters. The number of hydrogen-bond acceptors (Lipinski definition) is 2. The van der Waals surface area contributed by atoms with Crippen molar-refractivity contribution < 1.29 is 31.6 Å². The maximum absolute atomic E-state index is 10.4. The molecule has 0 amide bonds. The SMILES string of the molecule is Br.Br.COc1cc(C(C)(C)C)c(O)c(C(C)(C)C)c1.[C-]1=CC=CC1.[Ti]. The molecule has 25 heavy (non-hydrogen) atoms. The summed E-state index contributed by atoms with van der Waals surface area (Å²) in [5.74, 6) is 1.20. The minimum Gasteiger partial charge on any atom is -0.507 e. The van der Waals surface area contributed by atoms with Crippen molar-refractivity contribution in [3.8, 4) is 11.5 Å². The van der Waals surface area contributed by atoms with Crippen molar-refractivity contribution in [2.75, 3.05) is 7.11 Å². The van der Waals surface area contributed by atoms with Crippen LogP contribution in [0.15, 0.2) is 30.4 Å². The Hall–Kier alpha value is -0.0257.